The smallest absolute Gasteiger partial charge is 0.230 e. The number of carbonyl (C=O) groups is 1. The van der Waals surface area contributed by atoms with Gasteiger partial charge in [0.25, 0.3) is 0 Å². The Morgan fingerprint density at radius 3 is 2.79 bits per heavy atom. The van der Waals surface area contributed by atoms with E-state index in [2.05, 4.69) is 14.9 Å². The summed E-state index contributed by atoms with van der Waals surface area (Å²) in [7, 11) is 5.62. The zero-order valence-electron chi connectivity index (χ0n) is 14.9. The number of ether oxygens (including phenoxy) is 1. The summed E-state index contributed by atoms with van der Waals surface area (Å²) in [5, 5.41) is 0. The molecule has 0 aromatic carbocycles. The molecule has 1 atom stereocenters. The van der Waals surface area contributed by atoms with Crippen LogP contribution in [0.2, 0.25) is 0 Å². The molecule has 7 heteroatoms. The fourth-order valence-electron chi connectivity index (χ4n) is 3.86. The molecule has 24 heavy (non-hydrogen) atoms. The summed E-state index contributed by atoms with van der Waals surface area (Å²) in [6.45, 7) is 3.71. The molecule has 2 aliphatic heterocycles. The van der Waals surface area contributed by atoms with Gasteiger partial charge in [0, 0.05) is 59.8 Å². The Hall–Kier alpha value is -1.89. The van der Waals surface area contributed by atoms with Gasteiger partial charge in [0.15, 0.2) is 11.6 Å². The average molecular weight is 333 g/mol. The van der Waals surface area contributed by atoms with Gasteiger partial charge in [-0.3, -0.25) is 4.79 Å². The number of amides is 1. The fraction of sp³-hybridized carbons (Fsp3) is 0.706. The fourth-order valence-corrected chi connectivity index (χ4v) is 3.86. The van der Waals surface area contributed by atoms with Crippen LogP contribution in [0.25, 0.3) is 0 Å². The van der Waals surface area contributed by atoms with Gasteiger partial charge in [0.2, 0.25) is 5.91 Å². The Bertz CT molecular complexity index is 594. The Balaban J connectivity index is 1.78. The number of aromatic nitrogens is 2. The summed E-state index contributed by atoms with van der Waals surface area (Å²) in [4.78, 5) is 28.2. The molecule has 1 amide bonds. The summed E-state index contributed by atoms with van der Waals surface area (Å²) >= 11 is 0. The second kappa shape index (κ2) is 6.93. The van der Waals surface area contributed by atoms with E-state index in [0.29, 0.717) is 13.2 Å². The second-order valence-corrected chi connectivity index (χ2v) is 6.94. The van der Waals surface area contributed by atoms with Crippen molar-refractivity contribution < 1.29 is 9.53 Å². The third-order valence-electron chi connectivity index (χ3n) is 5.13. The van der Waals surface area contributed by atoms with Crippen molar-refractivity contribution in [1.82, 2.24) is 14.9 Å². The highest BCUT2D eigenvalue weighted by molar-refractivity contribution is 5.85. The largest absolute Gasteiger partial charge is 0.383 e. The zero-order chi connectivity index (χ0) is 17.2. The first-order chi connectivity index (χ1) is 11.6. The molecule has 0 unspecified atom stereocenters. The lowest BCUT2D eigenvalue weighted by Gasteiger charge is -2.39. The Morgan fingerprint density at radius 1 is 1.25 bits per heavy atom. The van der Waals surface area contributed by atoms with E-state index in [9.17, 15) is 4.79 Å². The molecule has 7 nitrogen and oxygen atoms in total. The normalized spacial score (nSPS) is 24.0. The van der Waals surface area contributed by atoms with Crippen molar-refractivity contribution in [1.29, 1.82) is 0 Å². The maximum atomic E-state index is 13.0. The SMILES string of the molecule is COCCN1CCC[C@@]2(CCN(c3nccnc3N(C)C)C2)C1=O. The molecular formula is C17H27N5O2. The number of piperidine rings is 1. The van der Waals surface area contributed by atoms with Gasteiger partial charge in [0.05, 0.1) is 12.0 Å². The average Bonchev–Trinajstić information content (AvgIpc) is 3.01. The van der Waals surface area contributed by atoms with E-state index >= 15 is 0 Å². The van der Waals surface area contributed by atoms with E-state index in [1.54, 1.807) is 19.5 Å². The molecule has 0 bridgehead atoms. The van der Waals surface area contributed by atoms with Crippen LogP contribution in [0.5, 0.6) is 0 Å². The van der Waals surface area contributed by atoms with Crippen molar-refractivity contribution in [3.05, 3.63) is 12.4 Å². The van der Waals surface area contributed by atoms with E-state index in [0.717, 1.165) is 50.5 Å². The maximum Gasteiger partial charge on any atom is 0.230 e. The van der Waals surface area contributed by atoms with Crippen LogP contribution >= 0.6 is 0 Å². The highest BCUT2D eigenvalue weighted by Crippen LogP contribution is 2.42. The minimum Gasteiger partial charge on any atom is -0.383 e. The molecule has 0 N–H and O–H groups in total. The van der Waals surface area contributed by atoms with E-state index in [4.69, 9.17) is 4.74 Å². The Kier molecular flexibility index (Phi) is 4.89. The van der Waals surface area contributed by atoms with Gasteiger partial charge in [-0.25, -0.2) is 9.97 Å². The molecule has 1 aromatic rings. The van der Waals surface area contributed by atoms with Crippen molar-refractivity contribution in [2.45, 2.75) is 19.3 Å². The highest BCUT2D eigenvalue weighted by Gasteiger charge is 2.48. The number of likely N-dealkylation sites (tertiary alicyclic amines) is 1. The monoisotopic (exact) mass is 333 g/mol. The summed E-state index contributed by atoms with van der Waals surface area (Å²) in [6.07, 6.45) is 6.34. The third kappa shape index (κ3) is 3.05. The van der Waals surface area contributed by atoms with Gasteiger partial charge >= 0.3 is 0 Å². The number of anilines is 2. The van der Waals surface area contributed by atoms with Crippen molar-refractivity contribution in [2.24, 2.45) is 5.41 Å². The first-order valence-electron chi connectivity index (χ1n) is 8.59. The molecule has 132 valence electrons. The van der Waals surface area contributed by atoms with E-state index < -0.39 is 0 Å². The predicted molar refractivity (Wildman–Crippen MR) is 93.3 cm³/mol. The number of hydrogen-bond donors (Lipinski definition) is 0. The number of rotatable bonds is 5. The molecule has 1 aromatic heterocycles. The van der Waals surface area contributed by atoms with E-state index in [1.807, 2.05) is 23.9 Å². The molecule has 2 fully saturated rings. The molecule has 0 aliphatic carbocycles. The first kappa shape index (κ1) is 17.0. The summed E-state index contributed by atoms with van der Waals surface area (Å²) < 4.78 is 5.15. The Morgan fingerprint density at radius 2 is 2.04 bits per heavy atom. The van der Waals surface area contributed by atoms with Gasteiger partial charge in [-0.05, 0) is 19.3 Å². The molecule has 0 saturated carbocycles. The molecule has 3 rings (SSSR count). The first-order valence-corrected chi connectivity index (χ1v) is 8.59. The van der Waals surface area contributed by atoms with Crippen molar-refractivity contribution in [3.8, 4) is 0 Å². The highest BCUT2D eigenvalue weighted by atomic mass is 16.5. The second-order valence-electron chi connectivity index (χ2n) is 6.94. The molecule has 1 spiro atoms. The lowest BCUT2D eigenvalue weighted by atomic mass is 9.78. The van der Waals surface area contributed by atoms with Crippen LogP contribution in [0.1, 0.15) is 19.3 Å². The van der Waals surface area contributed by atoms with Gasteiger partial charge in [-0.2, -0.15) is 0 Å². The van der Waals surface area contributed by atoms with Gasteiger partial charge in [-0.1, -0.05) is 0 Å². The van der Waals surface area contributed by atoms with Crippen LogP contribution in [0.3, 0.4) is 0 Å². The Labute approximate surface area is 143 Å². The van der Waals surface area contributed by atoms with Gasteiger partial charge in [0.1, 0.15) is 0 Å². The molecule has 3 heterocycles. The summed E-state index contributed by atoms with van der Waals surface area (Å²) in [6, 6.07) is 0. The van der Waals surface area contributed by atoms with Crippen LogP contribution in [0, 0.1) is 5.41 Å². The van der Waals surface area contributed by atoms with Crippen LogP contribution in [-0.4, -0.2) is 74.8 Å². The van der Waals surface area contributed by atoms with Gasteiger partial charge in [-0.15, -0.1) is 0 Å². The van der Waals surface area contributed by atoms with Crippen LogP contribution in [0.15, 0.2) is 12.4 Å². The lowest BCUT2D eigenvalue weighted by molar-refractivity contribution is -0.145. The number of hydrogen-bond acceptors (Lipinski definition) is 6. The van der Waals surface area contributed by atoms with Gasteiger partial charge < -0.3 is 19.4 Å². The van der Waals surface area contributed by atoms with Crippen LogP contribution in [-0.2, 0) is 9.53 Å². The van der Waals surface area contributed by atoms with Crippen molar-refractivity contribution in [3.63, 3.8) is 0 Å². The minimum atomic E-state index is -0.271. The molecular weight excluding hydrogens is 306 g/mol. The quantitative estimate of drug-likeness (QED) is 0.801. The summed E-state index contributed by atoms with van der Waals surface area (Å²) in [5.74, 6) is 2.01. The number of carbonyl (C=O) groups excluding carboxylic acids is 1. The minimum absolute atomic E-state index is 0.271. The van der Waals surface area contributed by atoms with Crippen molar-refractivity contribution >= 4 is 17.5 Å². The predicted octanol–water partition coefficient (Wildman–Crippen LogP) is 1.01. The van der Waals surface area contributed by atoms with Crippen LogP contribution < -0.4 is 9.80 Å². The van der Waals surface area contributed by atoms with E-state index in [-0.39, 0.29) is 11.3 Å². The molecule has 0 radical (unpaired) electrons. The standard InChI is InChI=1S/C17H27N5O2/c1-20(2)14-15(19-8-7-18-14)22-10-6-17(13-22)5-4-9-21(16(17)23)11-12-24-3/h7-8H,4-6,9-13H2,1-3H3/t17-/m0/s1. The summed E-state index contributed by atoms with van der Waals surface area (Å²) in [5.41, 5.74) is -0.271. The van der Waals surface area contributed by atoms with Crippen LogP contribution in [0.4, 0.5) is 11.6 Å². The van der Waals surface area contributed by atoms with Crippen molar-refractivity contribution in [2.75, 3.05) is 63.8 Å². The molecule has 2 saturated heterocycles. The topological polar surface area (TPSA) is 61.8 Å². The third-order valence-corrected chi connectivity index (χ3v) is 5.13. The number of methoxy groups -OCH3 is 1. The van der Waals surface area contributed by atoms with E-state index in [1.165, 1.54) is 0 Å². The maximum absolute atomic E-state index is 13.0. The number of nitrogens with zero attached hydrogens (tertiary/aromatic N) is 5. The molecule has 2 aliphatic rings. The zero-order valence-corrected chi connectivity index (χ0v) is 14.9. The lowest BCUT2D eigenvalue weighted by Crippen LogP contribution is -2.51.